The molecule has 11 nitrogen and oxygen atoms in total. The second-order valence-corrected chi connectivity index (χ2v) is 7.05. The van der Waals surface area contributed by atoms with Crippen molar-refractivity contribution in [3.05, 3.63) is 30.3 Å². The number of benzene rings is 2. The molecular weight excluding hydrogens is 416 g/mol. The van der Waals surface area contributed by atoms with Gasteiger partial charge in [0.15, 0.2) is 17.2 Å². The third-order valence-electron chi connectivity index (χ3n) is 4.85. The van der Waals surface area contributed by atoms with Crippen LogP contribution in [0.3, 0.4) is 0 Å². The van der Waals surface area contributed by atoms with Gasteiger partial charge >= 0.3 is 11.3 Å². The van der Waals surface area contributed by atoms with Crippen LogP contribution in [-0.4, -0.2) is 72.1 Å². The highest BCUT2D eigenvalue weighted by Crippen LogP contribution is 2.44. The standard InChI is InChI=1S/C20H18O11/c21-8-3-10(22)9-5-15(31-20-18(28)17(27)13(25)6-29-20)19(30-14(9)4-8)7-1-11(23)16(26)12(24)2-7/h1-5,13,17-18,20,25,27-28H,6H2,(H4-,21,22,23,24,26)/p+1. The molecule has 31 heavy (non-hydrogen) atoms. The Balaban J connectivity index is 1.87. The van der Waals surface area contributed by atoms with E-state index in [1.165, 1.54) is 12.1 Å². The number of hydrogen-bond donors (Lipinski definition) is 8. The molecule has 0 amide bonds. The van der Waals surface area contributed by atoms with E-state index < -0.39 is 41.9 Å². The van der Waals surface area contributed by atoms with Crippen molar-refractivity contribution in [1.82, 2.24) is 0 Å². The largest absolute Gasteiger partial charge is 0.507 e. The van der Waals surface area contributed by atoms with Crippen molar-refractivity contribution in [1.29, 1.82) is 0 Å². The number of ether oxygens (including phenoxy) is 2. The highest BCUT2D eigenvalue weighted by Gasteiger charge is 2.40. The van der Waals surface area contributed by atoms with E-state index in [1.807, 2.05) is 0 Å². The van der Waals surface area contributed by atoms with Crippen molar-refractivity contribution in [2.75, 3.05) is 6.61 Å². The quantitative estimate of drug-likeness (QED) is 0.214. The van der Waals surface area contributed by atoms with E-state index >= 15 is 0 Å². The molecule has 1 aliphatic rings. The van der Waals surface area contributed by atoms with Crippen molar-refractivity contribution < 1.29 is 54.7 Å². The smallest absolute Gasteiger partial charge is 0.402 e. The topological polar surface area (TPSA) is 192 Å². The predicted molar refractivity (Wildman–Crippen MR) is 103 cm³/mol. The van der Waals surface area contributed by atoms with Crippen LogP contribution in [0, 0.1) is 0 Å². The number of phenolic OH excluding ortho intramolecular Hbond substituents is 5. The van der Waals surface area contributed by atoms with Gasteiger partial charge in [-0.15, -0.1) is 0 Å². The Kier molecular flexibility index (Phi) is 5.11. The molecule has 11 heteroatoms. The SMILES string of the molecule is Oc1cc(O)c2cc(OC3OCC(O)C(O)C3O)c(-c3cc(O)c(O)c(O)c3)[o+]c2c1. The summed E-state index contributed by atoms with van der Waals surface area (Å²) >= 11 is 0. The van der Waals surface area contributed by atoms with Crippen LogP contribution in [0.5, 0.6) is 34.5 Å². The first-order valence-electron chi connectivity index (χ1n) is 9.06. The van der Waals surface area contributed by atoms with Gasteiger partial charge in [0.05, 0.1) is 18.2 Å². The first-order valence-corrected chi connectivity index (χ1v) is 9.06. The van der Waals surface area contributed by atoms with Gasteiger partial charge in [0.25, 0.3) is 0 Å². The van der Waals surface area contributed by atoms with Crippen molar-refractivity contribution in [2.45, 2.75) is 24.6 Å². The van der Waals surface area contributed by atoms with E-state index in [2.05, 4.69) is 0 Å². The molecule has 3 aromatic rings. The highest BCUT2D eigenvalue weighted by atomic mass is 16.7. The summed E-state index contributed by atoms with van der Waals surface area (Å²) in [4.78, 5) is 0. The molecule has 2 heterocycles. The molecule has 0 aliphatic carbocycles. The van der Waals surface area contributed by atoms with Gasteiger partial charge in [0.1, 0.15) is 35.2 Å². The van der Waals surface area contributed by atoms with Crippen molar-refractivity contribution >= 4 is 11.0 Å². The molecule has 4 rings (SSSR count). The molecule has 0 radical (unpaired) electrons. The Hall–Kier alpha value is -3.51. The van der Waals surface area contributed by atoms with E-state index in [0.717, 1.165) is 18.2 Å². The van der Waals surface area contributed by atoms with Gasteiger partial charge in [-0.05, 0) is 0 Å². The summed E-state index contributed by atoms with van der Waals surface area (Å²) in [7, 11) is 0. The molecule has 0 saturated carbocycles. The van der Waals surface area contributed by atoms with Crippen LogP contribution in [0.4, 0.5) is 0 Å². The lowest BCUT2D eigenvalue weighted by Crippen LogP contribution is -2.54. The van der Waals surface area contributed by atoms with Crippen molar-refractivity contribution in [3.63, 3.8) is 0 Å². The molecule has 164 valence electrons. The molecule has 0 spiro atoms. The molecule has 4 unspecified atom stereocenters. The number of hydrogen-bond acceptors (Lipinski definition) is 10. The summed E-state index contributed by atoms with van der Waals surface area (Å²) < 4.78 is 16.6. The van der Waals surface area contributed by atoms with E-state index in [9.17, 15) is 40.9 Å². The Labute approximate surface area is 173 Å². The van der Waals surface area contributed by atoms with Crippen LogP contribution in [0.15, 0.2) is 34.7 Å². The molecule has 2 aromatic carbocycles. The van der Waals surface area contributed by atoms with E-state index in [-0.39, 0.29) is 46.1 Å². The van der Waals surface area contributed by atoms with Crippen LogP contribution in [0.25, 0.3) is 22.3 Å². The molecule has 8 N–H and O–H groups in total. The molecule has 1 aromatic heterocycles. The Morgan fingerprint density at radius 1 is 0.839 bits per heavy atom. The second-order valence-electron chi connectivity index (χ2n) is 7.05. The summed E-state index contributed by atoms with van der Waals surface area (Å²) in [6.45, 7) is -0.330. The Bertz CT molecular complexity index is 1120. The minimum atomic E-state index is -1.64. The zero-order valence-electron chi connectivity index (χ0n) is 15.7. The van der Waals surface area contributed by atoms with Crippen LogP contribution in [0.2, 0.25) is 0 Å². The maximum atomic E-state index is 10.2. The molecular formula is C20H19O11+. The number of aromatic hydroxyl groups is 5. The maximum Gasteiger partial charge on any atom is 0.402 e. The van der Waals surface area contributed by atoms with E-state index in [0.29, 0.717) is 0 Å². The number of rotatable bonds is 3. The predicted octanol–water partition coefficient (Wildman–Crippen LogP) is 0.727. The van der Waals surface area contributed by atoms with Crippen LogP contribution in [-0.2, 0) is 4.74 Å². The third-order valence-corrected chi connectivity index (χ3v) is 4.85. The van der Waals surface area contributed by atoms with Crippen molar-refractivity contribution in [3.8, 4) is 45.8 Å². The minimum absolute atomic E-state index is 0.00692. The summed E-state index contributed by atoms with van der Waals surface area (Å²) in [6, 6.07) is 5.68. The summed E-state index contributed by atoms with van der Waals surface area (Å²) in [5, 5.41) is 79.0. The van der Waals surface area contributed by atoms with E-state index in [4.69, 9.17) is 13.9 Å². The number of phenols is 5. The average Bonchev–Trinajstić information content (AvgIpc) is 2.72. The number of fused-ring (bicyclic) bond motifs is 1. The maximum absolute atomic E-state index is 10.2. The van der Waals surface area contributed by atoms with E-state index in [1.54, 1.807) is 0 Å². The highest BCUT2D eigenvalue weighted by molar-refractivity contribution is 5.88. The van der Waals surface area contributed by atoms with Gasteiger partial charge in [0.2, 0.25) is 12.0 Å². The summed E-state index contributed by atoms with van der Waals surface area (Å²) in [6.07, 6.45) is -5.95. The Morgan fingerprint density at radius 3 is 2.19 bits per heavy atom. The molecule has 4 atom stereocenters. The van der Waals surface area contributed by atoms with Gasteiger partial charge in [-0.3, -0.25) is 0 Å². The lowest BCUT2D eigenvalue weighted by Gasteiger charge is -2.34. The molecule has 1 aliphatic heterocycles. The lowest BCUT2D eigenvalue weighted by molar-refractivity contribution is -0.242. The molecule has 0 bridgehead atoms. The Morgan fingerprint density at radius 2 is 1.52 bits per heavy atom. The molecule has 1 fully saturated rings. The zero-order valence-corrected chi connectivity index (χ0v) is 15.7. The second kappa shape index (κ2) is 7.63. The third kappa shape index (κ3) is 3.70. The monoisotopic (exact) mass is 435 g/mol. The minimum Gasteiger partial charge on any atom is -0.507 e. The van der Waals surface area contributed by atoms with Crippen LogP contribution < -0.4 is 4.74 Å². The van der Waals surface area contributed by atoms with Gasteiger partial charge in [0, 0.05) is 24.3 Å². The fraction of sp³-hybridized carbons (Fsp3) is 0.250. The average molecular weight is 435 g/mol. The van der Waals surface area contributed by atoms with Gasteiger partial charge < -0.3 is 50.3 Å². The fourth-order valence-corrected chi connectivity index (χ4v) is 3.22. The zero-order chi connectivity index (χ0) is 22.4. The van der Waals surface area contributed by atoms with Gasteiger partial charge in [-0.25, -0.2) is 4.42 Å². The number of aliphatic hydroxyl groups excluding tert-OH is 3. The number of aliphatic hydroxyl groups is 3. The summed E-state index contributed by atoms with van der Waals surface area (Å²) in [5.41, 5.74) is 0.0332. The van der Waals surface area contributed by atoms with Crippen molar-refractivity contribution in [2.24, 2.45) is 0 Å². The van der Waals surface area contributed by atoms with Gasteiger partial charge in [-0.1, -0.05) is 0 Å². The van der Waals surface area contributed by atoms with Crippen LogP contribution >= 0.6 is 0 Å². The summed E-state index contributed by atoms with van der Waals surface area (Å²) in [5.74, 6) is -3.03. The first-order chi connectivity index (χ1) is 14.7. The van der Waals surface area contributed by atoms with Gasteiger partial charge in [-0.2, -0.15) is 0 Å². The fourth-order valence-electron chi connectivity index (χ4n) is 3.22. The first kappa shape index (κ1) is 20.8. The normalized spacial score (nSPS) is 23.7. The van der Waals surface area contributed by atoms with Crippen LogP contribution in [0.1, 0.15) is 0 Å². The molecule has 1 saturated heterocycles. The lowest BCUT2D eigenvalue weighted by atomic mass is 10.1.